The molecule has 8 fully saturated rings. The number of fused-ring (bicyclic) bond motifs is 30. The van der Waals surface area contributed by atoms with Crippen molar-refractivity contribution in [2.45, 2.75) is 168 Å². The van der Waals surface area contributed by atoms with Gasteiger partial charge >= 0.3 is 6.18 Å². The fourth-order valence-corrected chi connectivity index (χ4v) is 24.3. The number of likely N-dealkylation sites (tertiary alicyclic amines) is 5. The van der Waals surface area contributed by atoms with Crippen LogP contribution in [0, 0.1) is 6.92 Å². The highest BCUT2D eigenvalue weighted by Crippen LogP contribution is 2.58. The molecule has 10 aromatic carbocycles. The van der Waals surface area contributed by atoms with Crippen LogP contribution in [0.5, 0.6) is 0 Å². The molecule has 0 spiro atoms. The van der Waals surface area contributed by atoms with Crippen LogP contribution >= 0.6 is 23.2 Å². The zero-order chi connectivity index (χ0) is 81.9. The maximum absolute atomic E-state index is 12.8. The van der Waals surface area contributed by atoms with E-state index < -0.39 is 11.7 Å². The molecular weight excluding hydrogens is 1530 g/mol. The largest absolute Gasteiger partial charge is 0.416 e. The van der Waals surface area contributed by atoms with Gasteiger partial charge in [0.1, 0.15) is 0 Å². The number of nitrogens with zero attached hydrogens (tertiary/aromatic N) is 8. The summed E-state index contributed by atoms with van der Waals surface area (Å²) in [7, 11) is 8.91. The lowest BCUT2D eigenvalue weighted by molar-refractivity contribution is -0.137. The third-order valence-electron chi connectivity index (χ3n) is 30.0. The van der Waals surface area contributed by atoms with Gasteiger partial charge in [-0.1, -0.05) is 193 Å². The van der Waals surface area contributed by atoms with Crippen LogP contribution in [0.2, 0.25) is 10.0 Å². The van der Waals surface area contributed by atoms with Crippen LogP contribution in [0.15, 0.2) is 218 Å². The third kappa shape index (κ3) is 16.2. The smallest absolute Gasteiger partial charge is 0.378 e. The minimum atomic E-state index is -4.28. The van der Waals surface area contributed by atoms with Gasteiger partial charge in [0.05, 0.1) is 38.0 Å². The molecule has 0 radical (unpaired) electrons. The number of hydrogen-bond acceptors (Lipinski definition) is 10. The third-order valence-corrected chi connectivity index (χ3v) is 30.6. The first-order valence-electron chi connectivity index (χ1n) is 44.9. The number of piperidine rings is 6. The van der Waals surface area contributed by atoms with Gasteiger partial charge in [-0.05, 0) is 330 Å². The van der Waals surface area contributed by atoms with Crippen LogP contribution in [0.4, 0.5) is 30.2 Å². The van der Waals surface area contributed by atoms with E-state index in [4.69, 9.17) is 32.7 Å². The van der Waals surface area contributed by atoms with E-state index in [9.17, 15) is 13.2 Å². The molecule has 8 saturated heterocycles. The maximum atomic E-state index is 12.8. The number of aryl methyl sites for hydroxylation is 1. The predicted octanol–water partition coefficient (Wildman–Crippen LogP) is 24.1. The molecule has 12 unspecified atom stereocenters. The molecule has 12 atom stereocenters. The Kier molecular flexibility index (Phi) is 23.8. The Morgan fingerprint density at radius 1 is 0.350 bits per heavy atom. The molecule has 0 aromatic heterocycles. The van der Waals surface area contributed by atoms with Crippen molar-refractivity contribution in [1.29, 1.82) is 0 Å². The molecule has 0 N–H and O–H groups in total. The van der Waals surface area contributed by atoms with Crippen molar-refractivity contribution in [3.63, 3.8) is 0 Å². The lowest BCUT2D eigenvalue weighted by Crippen LogP contribution is -2.38. The van der Waals surface area contributed by atoms with E-state index in [0.29, 0.717) is 42.2 Å². The lowest BCUT2D eigenvalue weighted by atomic mass is 9.93. The Balaban J connectivity index is 0.0000000959. The van der Waals surface area contributed by atoms with Crippen molar-refractivity contribution in [3.05, 3.63) is 312 Å². The Labute approximate surface area is 720 Å². The average molecular weight is 1650 g/mol. The molecule has 0 amide bonds. The van der Waals surface area contributed by atoms with Crippen molar-refractivity contribution >= 4 is 40.3 Å². The van der Waals surface area contributed by atoms with Crippen molar-refractivity contribution in [3.8, 4) is 22.3 Å². The van der Waals surface area contributed by atoms with Crippen molar-refractivity contribution < 1.29 is 22.6 Å². The standard InChI is InChI=1S/C22H26N2O.C19H18F3N.C18H18ClN.C18H19N.C16H22N2O.C12H14ClN/c1-2-5-17(6-3-1)16-24-10-9-18-15-21(24)22-19(18)7-4-8-20(22)23-11-13-25-14-12-23;1-23-10-9-13-11-17(23)18-15(3-2-4-16(13)18)12-5-7-14(8-6-12)19(20,21)22;1-12-2-5-15(6-3-12)20-9-8-13-10-18(20)17-11-14(19)4-7-16(13)17;1-19-11-10-14-12-17(19)18-15(8-5-9-16(14)18)13-6-3-2-4-7-13;1-17-6-5-12-11-15(17)16-13(12)3-2-4-14(16)18-7-9-19-10-8-18;1-14-6-5-8-7-11(14)12-9(8)3-2-4-10(12)13/h1-8,18,21H,9-16H2;2-8,13,17H,9-11H2,1H3;2-7,11,13,18H,8-10H2,1H3;2-9,14,17H,10-12H2,1H3;2-4,12,15H,5-11H2,1H3;2-4,8,11H,5-7H2,1H3. The zero-order valence-corrected chi connectivity index (χ0v) is 72.1. The number of anilines is 3. The Morgan fingerprint density at radius 2 is 0.758 bits per heavy atom. The molecule has 8 heterocycles. The van der Waals surface area contributed by atoms with Crippen LogP contribution in [-0.2, 0) is 22.2 Å². The zero-order valence-electron chi connectivity index (χ0n) is 70.6. The van der Waals surface area contributed by atoms with Crippen LogP contribution in [0.1, 0.15) is 232 Å². The van der Waals surface area contributed by atoms with E-state index in [1.54, 1.807) is 45.5 Å². The number of hydrogen-bond donors (Lipinski definition) is 0. The maximum Gasteiger partial charge on any atom is 0.416 e. The molecule has 0 saturated carbocycles. The van der Waals surface area contributed by atoms with E-state index >= 15 is 0 Å². The topological polar surface area (TPSA) is 44.4 Å². The summed E-state index contributed by atoms with van der Waals surface area (Å²) in [6.07, 6.45) is 10.9. The highest BCUT2D eigenvalue weighted by atomic mass is 35.5. The second-order valence-electron chi connectivity index (χ2n) is 36.7. The highest BCUT2D eigenvalue weighted by Gasteiger charge is 2.46. The van der Waals surface area contributed by atoms with Crippen molar-refractivity contribution in [2.24, 2.45) is 0 Å². The van der Waals surface area contributed by atoms with Gasteiger partial charge in [0.15, 0.2) is 0 Å². The van der Waals surface area contributed by atoms with Crippen LogP contribution in [0.3, 0.4) is 0 Å². The predicted molar refractivity (Wildman–Crippen MR) is 485 cm³/mol. The van der Waals surface area contributed by atoms with Gasteiger partial charge in [0, 0.05) is 96.6 Å². The number of halogens is 5. The molecule has 624 valence electrons. The fraction of sp³-hybridized carbons (Fsp3) is 0.429. The van der Waals surface area contributed by atoms with Crippen molar-refractivity contribution in [1.82, 2.24) is 24.5 Å². The molecule has 10 aromatic rings. The molecule has 120 heavy (non-hydrogen) atoms. The van der Waals surface area contributed by atoms with E-state index in [1.807, 2.05) is 24.3 Å². The molecule has 6 aliphatic carbocycles. The summed E-state index contributed by atoms with van der Waals surface area (Å²) >= 11 is 12.5. The van der Waals surface area contributed by atoms with Gasteiger partial charge in [0.2, 0.25) is 0 Å². The fourth-order valence-electron chi connectivity index (χ4n) is 23.8. The Morgan fingerprint density at radius 3 is 1.27 bits per heavy atom. The molecule has 8 aliphatic heterocycles. The molecule has 14 aliphatic rings. The van der Waals surface area contributed by atoms with E-state index in [1.165, 1.54) is 175 Å². The summed E-state index contributed by atoms with van der Waals surface area (Å²) < 4.78 is 49.4. The van der Waals surface area contributed by atoms with E-state index in [0.717, 1.165) is 136 Å². The summed E-state index contributed by atoms with van der Waals surface area (Å²) in [4.78, 5) is 20.2. The second-order valence-corrected chi connectivity index (χ2v) is 37.5. The normalized spacial score (nSPS) is 26.3. The van der Waals surface area contributed by atoms with Gasteiger partial charge in [-0.15, -0.1) is 0 Å². The minimum absolute atomic E-state index is 0.391. The Hall–Kier alpha value is -8.31. The van der Waals surface area contributed by atoms with Crippen LogP contribution in [0.25, 0.3) is 22.3 Å². The summed E-state index contributed by atoms with van der Waals surface area (Å²) in [5.74, 6) is 4.45. The lowest BCUT2D eigenvalue weighted by Gasteiger charge is -2.36. The summed E-state index contributed by atoms with van der Waals surface area (Å²) in [6, 6.07) is 79.5. The van der Waals surface area contributed by atoms with Gasteiger partial charge in [-0.2, -0.15) is 13.2 Å². The quantitative estimate of drug-likeness (QED) is 0.154. The number of ether oxygens (including phenoxy) is 2. The van der Waals surface area contributed by atoms with E-state index in [-0.39, 0.29) is 0 Å². The summed E-state index contributed by atoms with van der Waals surface area (Å²) in [6.45, 7) is 17.9. The summed E-state index contributed by atoms with van der Waals surface area (Å²) in [5.41, 5.74) is 29.4. The number of alkyl halides is 3. The van der Waals surface area contributed by atoms with Gasteiger partial charge in [-0.3, -0.25) is 24.5 Å². The molecule has 15 heteroatoms. The van der Waals surface area contributed by atoms with E-state index in [2.05, 4.69) is 244 Å². The minimum Gasteiger partial charge on any atom is -0.378 e. The number of benzene rings is 10. The highest BCUT2D eigenvalue weighted by molar-refractivity contribution is 6.31. The average Bonchev–Trinajstić information content (AvgIpc) is 1.62. The molecule has 12 bridgehead atoms. The molecular formula is C105H117Cl2F3N8O2. The van der Waals surface area contributed by atoms with Crippen LogP contribution < -0.4 is 14.7 Å². The first kappa shape index (κ1) is 81.4. The molecule has 24 rings (SSSR count). The van der Waals surface area contributed by atoms with Gasteiger partial charge in [-0.25, -0.2) is 0 Å². The van der Waals surface area contributed by atoms with Gasteiger partial charge < -0.3 is 24.2 Å². The number of rotatable bonds is 7. The monoisotopic (exact) mass is 1650 g/mol. The Bertz CT molecular complexity index is 5250. The van der Waals surface area contributed by atoms with Crippen molar-refractivity contribution in [2.75, 3.05) is 135 Å². The molecule has 10 nitrogen and oxygen atoms in total. The second kappa shape index (κ2) is 35.1. The van der Waals surface area contributed by atoms with Gasteiger partial charge in [0.25, 0.3) is 0 Å². The first-order chi connectivity index (χ1) is 58.5. The summed E-state index contributed by atoms with van der Waals surface area (Å²) in [5, 5.41) is 1.82. The van der Waals surface area contributed by atoms with Crippen LogP contribution in [-0.4, -0.2) is 145 Å². The SMILES string of the molecule is CN1CCC2CC1c1c(-c3ccc(C(F)(F)F)cc3)cccc12.CN1CCC2CC1c1c(-c3ccccc3)cccc12.CN1CCC2CC1c1c(Cl)cccc12.CN1CCC2CC1c1c2cccc1N1CCOCC1.Cc1ccc(N2CCC3CC2c2cc(Cl)ccc23)cc1.c1ccc(CN2CCC3CC2c2c3cccc2N2CCOCC2)cc1. The number of morpholine rings is 2. The first-order valence-corrected chi connectivity index (χ1v) is 45.7.